The Morgan fingerprint density at radius 2 is 1.93 bits per heavy atom. The molecule has 7 heteroatoms. The van der Waals surface area contributed by atoms with E-state index >= 15 is 0 Å². The minimum Gasteiger partial charge on any atom is -0.335 e. The number of halogens is 1. The Hall–Kier alpha value is -2.57. The van der Waals surface area contributed by atoms with Gasteiger partial charge in [0.15, 0.2) is 0 Å². The number of carbonyl (C=O) groups excluding carboxylic acids is 1. The number of imidazole rings is 1. The molecule has 3 aromatic rings. The van der Waals surface area contributed by atoms with Crippen LogP contribution in [0.4, 0.5) is 4.79 Å². The zero-order valence-electron chi connectivity index (χ0n) is 16.5. The Bertz CT molecular complexity index is 966. The molecule has 1 aromatic carbocycles. The molecule has 1 aliphatic heterocycles. The van der Waals surface area contributed by atoms with Gasteiger partial charge in [0.2, 0.25) is 0 Å². The number of hydrogen-bond acceptors (Lipinski definition) is 3. The highest BCUT2D eigenvalue weighted by Gasteiger charge is 2.24. The highest BCUT2D eigenvalue weighted by molar-refractivity contribution is 6.30. The molecule has 0 bridgehead atoms. The molecule has 152 valence electrons. The molecule has 0 saturated carbocycles. The van der Waals surface area contributed by atoms with E-state index < -0.39 is 0 Å². The van der Waals surface area contributed by atoms with Crippen molar-refractivity contribution in [3.63, 3.8) is 0 Å². The Kier molecular flexibility index (Phi) is 6.02. The Balaban J connectivity index is 1.23. The minimum atomic E-state index is -0.144. The van der Waals surface area contributed by atoms with Crippen molar-refractivity contribution in [1.29, 1.82) is 0 Å². The van der Waals surface area contributed by atoms with Crippen LogP contribution in [0.15, 0.2) is 54.9 Å². The number of benzene rings is 1. The number of pyridine rings is 1. The zero-order chi connectivity index (χ0) is 20.2. The zero-order valence-corrected chi connectivity index (χ0v) is 17.3. The van der Waals surface area contributed by atoms with E-state index in [0.29, 0.717) is 17.6 Å². The maximum atomic E-state index is 12.3. The summed E-state index contributed by atoms with van der Waals surface area (Å²) in [5.74, 6) is 0. The van der Waals surface area contributed by atoms with Gasteiger partial charge in [0.25, 0.3) is 0 Å². The molecule has 1 fully saturated rings. The van der Waals surface area contributed by atoms with Gasteiger partial charge in [-0.25, -0.2) is 9.78 Å². The number of likely N-dealkylation sites (tertiary alicyclic amines) is 1. The number of rotatable bonds is 5. The van der Waals surface area contributed by atoms with Crippen LogP contribution in [0.25, 0.3) is 5.65 Å². The van der Waals surface area contributed by atoms with Gasteiger partial charge < -0.3 is 15.0 Å². The lowest BCUT2D eigenvalue weighted by Crippen LogP contribution is -2.48. The first-order valence-corrected chi connectivity index (χ1v) is 10.4. The molecule has 29 heavy (non-hydrogen) atoms. The van der Waals surface area contributed by atoms with Gasteiger partial charge >= 0.3 is 6.03 Å². The molecular weight excluding hydrogens is 386 g/mol. The number of nitrogens with zero attached hydrogens (tertiary/aromatic N) is 3. The van der Waals surface area contributed by atoms with Crippen molar-refractivity contribution < 1.29 is 4.79 Å². The Labute approximate surface area is 175 Å². The smallest absolute Gasteiger partial charge is 0.315 e. The van der Waals surface area contributed by atoms with Crippen molar-refractivity contribution in [2.75, 3.05) is 13.1 Å². The number of fused-ring (bicyclic) bond motifs is 1. The van der Waals surface area contributed by atoms with Gasteiger partial charge in [0, 0.05) is 37.6 Å². The van der Waals surface area contributed by atoms with E-state index in [1.807, 2.05) is 22.7 Å². The summed E-state index contributed by atoms with van der Waals surface area (Å²) in [6.07, 6.45) is 5.59. The third kappa shape index (κ3) is 4.89. The van der Waals surface area contributed by atoms with Crippen molar-refractivity contribution in [3.05, 3.63) is 71.1 Å². The van der Waals surface area contributed by atoms with Crippen LogP contribution in [0.1, 0.15) is 37.1 Å². The molecule has 4 rings (SSSR count). The largest absolute Gasteiger partial charge is 0.335 e. The third-order valence-corrected chi connectivity index (χ3v) is 5.81. The molecule has 1 unspecified atom stereocenters. The van der Waals surface area contributed by atoms with Crippen LogP contribution in [0.3, 0.4) is 0 Å². The molecule has 0 radical (unpaired) electrons. The van der Waals surface area contributed by atoms with Gasteiger partial charge in [-0.3, -0.25) is 4.90 Å². The lowest BCUT2D eigenvalue weighted by atomic mass is 10.0. The lowest BCUT2D eigenvalue weighted by molar-refractivity contribution is 0.153. The summed E-state index contributed by atoms with van der Waals surface area (Å²) in [6, 6.07) is 14.7. The Morgan fingerprint density at radius 3 is 2.69 bits per heavy atom. The topological polar surface area (TPSA) is 61.7 Å². The first kappa shape index (κ1) is 19.7. The summed E-state index contributed by atoms with van der Waals surface area (Å²) in [5.41, 5.74) is 2.95. The lowest BCUT2D eigenvalue weighted by Gasteiger charge is -2.36. The fourth-order valence-corrected chi connectivity index (χ4v) is 4.05. The summed E-state index contributed by atoms with van der Waals surface area (Å²) in [4.78, 5) is 19.3. The number of carbonyl (C=O) groups is 1. The number of urea groups is 1. The summed E-state index contributed by atoms with van der Waals surface area (Å²) >= 11 is 6.00. The highest BCUT2D eigenvalue weighted by Crippen LogP contribution is 2.24. The number of hydrogen-bond donors (Lipinski definition) is 2. The monoisotopic (exact) mass is 411 g/mol. The van der Waals surface area contributed by atoms with E-state index in [0.717, 1.165) is 37.3 Å². The average molecular weight is 412 g/mol. The van der Waals surface area contributed by atoms with Crippen LogP contribution in [-0.2, 0) is 6.54 Å². The second-order valence-electron chi connectivity index (χ2n) is 7.57. The predicted octanol–water partition coefficient (Wildman–Crippen LogP) is 4.01. The van der Waals surface area contributed by atoms with Crippen LogP contribution >= 0.6 is 11.6 Å². The number of piperidine rings is 1. The molecule has 0 spiro atoms. The van der Waals surface area contributed by atoms with E-state index in [-0.39, 0.29) is 12.1 Å². The second kappa shape index (κ2) is 8.84. The van der Waals surface area contributed by atoms with Crippen LogP contribution in [0.5, 0.6) is 0 Å². The number of amides is 2. The van der Waals surface area contributed by atoms with Crippen LogP contribution in [0, 0.1) is 0 Å². The van der Waals surface area contributed by atoms with E-state index in [1.165, 1.54) is 5.56 Å². The molecule has 0 aliphatic carbocycles. The average Bonchev–Trinajstić information content (AvgIpc) is 3.15. The van der Waals surface area contributed by atoms with E-state index in [9.17, 15) is 4.79 Å². The normalized spacial score (nSPS) is 16.6. The van der Waals surface area contributed by atoms with Crippen molar-refractivity contribution in [1.82, 2.24) is 24.9 Å². The van der Waals surface area contributed by atoms with E-state index in [4.69, 9.17) is 11.6 Å². The maximum Gasteiger partial charge on any atom is 0.315 e. The highest BCUT2D eigenvalue weighted by atomic mass is 35.5. The van der Waals surface area contributed by atoms with Gasteiger partial charge in [0.05, 0.1) is 17.3 Å². The second-order valence-corrected chi connectivity index (χ2v) is 8.01. The number of nitrogens with one attached hydrogen (secondary N) is 2. The minimum absolute atomic E-state index is 0.144. The van der Waals surface area contributed by atoms with Gasteiger partial charge in [-0.05, 0) is 37.5 Å². The van der Waals surface area contributed by atoms with Crippen LogP contribution < -0.4 is 10.6 Å². The molecule has 2 aromatic heterocycles. The summed E-state index contributed by atoms with van der Waals surface area (Å²) in [7, 11) is 0. The SMILES string of the molecule is CC(c1ccccc1)N1CCC(NC(=O)NCc2cn3cc(Cl)ccc3n2)CC1. The molecule has 2 amide bonds. The first-order valence-electron chi connectivity index (χ1n) is 10.0. The van der Waals surface area contributed by atoms with Crippen molar-refractivity contribution in [2.45, 2.75) is 38.4 Å². The summed E-state index contributed by atoms with van der Waals surface area (Å²) < 4.78 is 1.86. The van der Waals surface area contributed by atoms with Gasteiger partial charge in [-0.2, -0.15) is 0 Å². The Morgan fingerprint density at radius 1 is 1.17 bits per heavy atom. The third-order valence-electron chi connectivity index (χ3n) is 5.59. The van der Waals surface area contributed by atoms with Gasteiger partial charge in [-0.1, -0.05) is 41.9 Å². The quantitative estimate of drug-likeness (QED) is 0.666. The van der Waals surface area contributed by atoms with Crippen molar-refractivity contribution >= 4 is 23.3 Å². The van der Waals surface area contributed by atoms with E-state index in [1.54, 1.807) is 12.3 Å². The summed E-state index contributed by atoms with van der Waals surface area (Å²) in [6.45, 7) is 4.59. The van der Waals surface area contributed by atoms with Crippen LogP contribution in [-0.4, -0.2) is 39.4 Å². The van der Waals surface area contributed by atoms with Gasteiger partial charge in [0.1, 0.15) is 5.65 Å². The fourth-order valence-electron chi connectivity index (χ4n) is 3.88. The fraction of sp³-hybridized carbons (Fsp3) is 0.364. The first-order chi connectivity index (χ1) is 14.1. The van der Waals surface area contributed by atoms with E-state index in [2.05, 4.69) is 51.7 Å². The van der Waals surface area contributed by atoms with Crippen molar-refractivity contribution in [3.8, 4) is 0 Å². The predicted molar refractivity (Wildman–Crippen MR) is 115 cm³/mol. The molecule has 1 saturated heterocycles. The molecule has 1 atom stereocenters. The maximum absolute atomic E-state index is 12.3. The summed E-state index contributed by atoms with van der Waals surface area (Å²) in [5, 5.41) is 6.66. The van der Waals surface area contributed by atoms with Gasteiger partial charge in [-0.15, -0.1) is 0 Å². The molecule has 1 aliphatic rings. The van der Waals surface area contributed by atoms with Crippen molar-refractivity contribution in [2.24, 2.45) is 0 Å². The molecule has 3 heterocycles. The molecule has 6 nitrogen and oxygen atoms in total. The van der Waals surface area contributed by atoms with Crippen LogP contribution in [0.2, 0.25) is 5.02 Å². The molecular formula is C22H26ClN5O. The molecule has 2 N–H and O–H groups in total. The number of aromatic nitrogens is 2. The standard InChI is InChI=1S/C22H26ClN5O/c1-16(17-5-3-2-4-6-17)27-11-9-19(10-12-27)26-22(29)24-13-20-15-28-14-18(23)7-8-21(28)25-20/h2-8,14-16,19H,9-13H2,1H3,(H2,24,26,29).